The van der Waals surface area contributed by atoms with Gasteiger partial charge in [0.1, 0.15) is 6.04 Å². The zero-order valence-corrected chi connectivity index (χ0v) is 10.5. The first-order chi connectivity index (χ1) is 8.61. The minimum absolute atomic E-state index is 0.136. The average Bonchev–Trinajstić information content (AvgIpc) is 2.82. The molecule has 0 amide bonds. The third-order valence-corrected chi connectivity index (χ3v) is 3.04. The molecule has 2 atom stereocenters. The summed E-state index contributed by atoms with van der Waals surface area (Å²) >= 11 is 0. The lowest BCUT2D eigenvalue weighted by atomic mass is 10.0. The largest absolute Gasteiger partial charge is 0.480 e. The van der Waals surface area contributed by atoms with Crippen molar-refractivity contribution in [3.63, 3.8) is 0 Å². The molecule has 0 aromatic heterocycles. The zero-order chi connectivity index (χ0) is 13.1. The second-order valence-corrected chi connectivity index (χ2v) is 4.36. The lowest BCUT2D eigenvalue weighted by Crippen LogP contribution is -2.34. The van der Waals surface area contributed by atoms with E-state index in [0.29, 0.717) is 17.1 Å². The highest BCUT2D eigenvalue weighted by Gasteiger charge is 2.23. The first-order valence-electron chi connectivity index (χ1n) is 6.00. The molecule has 2 rings (SSSR count). The van der Waals surface area contributed by atoms with Gasteiger partial charge in [-0.1, -0.05) is 13.0 Å². The number of carboxylic acid groups (broad SMARTS) is 1. The van der Waals surface area contributed by atoms with Crippen LogP contribution in [0.2, 0.25) is 0 Å². The zero-order valence-electron chi connectivity index (χ0n) is 10.5. The van der Waals surface area contributed by atoms with Gasteiger partial charge < -0.3 is 14.6 Å². The summed E-state index contributed by atoms with van der Waals surface area (Å²) in [7, 11) is 0. The Labute approximate surface area is 106 Å². The van der Waals surface area contributed by atoms with Crippen LogP contribution in [0.1, 0.15) is 31.9 Å². The van der Waals surface area contributed by atoms with Gasteiger partial charge in [-0.3, -0.25) is 10.1 Å². The quantitative estimate of drug-likeness (QED) is 0.837. The van der Waals surface area contributed by atoms with Crippen molar-refractivity contribution >= 4 is 5.97 Å². The molecule has 0 radical (unpaired) electrons. The number of nitrogens with one attached hydrogen (secondary N) is 1. The fourth-order valence-corrected chi connectivity index (χ4v) is 1.81. The number of rotatable bonds is 5. The number of carboxylic acids is 1. The number of hydrogen-bond donors (Lipinski definition) is 2. The van der Waals surface area contributed by atoms with Gasteiger partial charge in [0.15, 0.2) is 11.5 Å². The number of hydrogen-bond acceptors (Lipinski definition) is 4. The van der Waals surface area contributed by atoms with Gasteiger partial charge in [-0.25, -0.2) is 0 Å². The van der Waals surface area contributed by atoms with Gasteiger partial charge >= 0.3 is 5.97 Å². The molecule has 0 saturated heterocycles. The van der Waals surface area contributed by atoms with Crippen LogP contribution in [0, 0.1) is 0 Å². The predicted octanol–water partition coefficient (Wildman–Crippen LogP) is 1.93. The van der Waals surface area contributed by atoms with Crippen molar-refractivity contribution in [1.82, 2.24) is 5.32 Å². The van der Waals surface area contributed by atoms with Crippen molar-refractivity contribution in [3.8, 4) is 11.5 Å². The van der Waals surface area contributed by atoms with Crippen LogP contribution in [0.5, 0.6) is 11.5 Å². The maximum absolute atomic E-state index is 11.3. The van der Waals surface area contributed by atoms with Crippen molar-refractivity contribution in [3.05, 3.63) is 23.8 Å². The average molecular weight is 251 g/mol. The number of ether oxygens (including phenoxy) is 2. The molecule has 0 spiro atoms. The summed E-state index contributed by atoms with van der Waals surface area (Å²) in [5.41, 5.74) is 0.673. The van der Waals surface area contributed by atoms with Crippen LogP contribution >= 0.6 is 0 Å². The van der Waals surface area contributed by atoms with E-state index in [0.717, 1.165) is 6.42 Å². The van der Waals surface area contributed by atoms with Crippen LogP contribution < -0.4 is 14.8 Å². The molecule has 0 fully saturated rings. The van der Waals surface area contributed by atoms with E-state index in [1.807, 2.05) is 13.8 Å². The minimum atomic E-state index is -0.894. The maximum atomic E-state index is 11.3. The van der Waals surface area contributed by atoms with Gasteiger partial charge in [-0.2, -0.15) is 0 Å². The SMILES string of the molecule is CCC(C)NC(C(=O)O)c1ccc2c(c1)OCO2. The van der Waals surface area contributed by atoms with Crippen molar-refractivity contribution in [2.24, 2.45) is 0 Å². The molecular formula is C13H17NO4. The predicted molar refractivity (Wildman–Crippen MR) is 65.8 cm³/mol. The van der Waals surface area contributed by atoms with Crippen LogP contribution in [0.25, 0.3) is 0 Å². The first-order valence-corrected chi connectivity index (χ1v) is 6.00. The molecule has 0 bridgehead atoms. The highest BCUT2D eigenvalue weighted by atomic mass is 16.7. The number of benzene rings is 1. The van der Waals surface area contributed by atoms with Crippen LogP contribution in [0.3, 0.4) is 0 Å². The summed E-state index contributed by atoms with van der Waals surface area (Å²) in [5, 5.41) is 12.4. The van der Waals surface area contributed by atoms with Crippen molar-refractivity contribution in [2.45, 2.75) is 32.4 Å². The summed E-state index contributed by atoms with van der Waals surface area (Å²) in [6, 6.07) is 4.62. The van der Waals surface area contributed by atoms with E-state index in [9.17, 15) is 9.90 Å². The van der Waals surface area contributed by atoms with Crippen molar-refractivity contribution in [2.75, 3.05) is 6.79 Å². The minimum Gasteiger partial charge on any atom is -0.480 e. The van der Waals surface area contributed by atoms with E-state index in [1.54, 1.807) is 18.2 Å². The van der Waals surface area contributed by atoms with Crippen molar-refractivity contribution < 1.29 is 19.4 Å². The van der Waals surface area contributed by atoms with E-state index < -0.39 is 12.0 Å². The normalized spacial score (nSPS) is 16.3. The van der Waals surface area contributed by atoms with Gasteiger partial charge in [-0.05, 0) is 31.0 Å². The first kappa shape index (κ1) is 12.7. The molecule has 2 N–H and O–H groups in total. The number of aliphatic carboxylic acids is 1. The molecule has 1 aliphatic rings. The summed E-state index contributed by atoms with van der Waals surface area (Å²) in [5.74, 6) is 0.366. The molecule has 1 heterocycles. The molecule has 5 nitrogen and oxygen atoms in total. The Morgan fingerprint density at radius 2 is 2.17 bits per heavy atom. The van der Waals surface area contributed by atoms with Crippen LogP contribution in [-0.4, -0.2) is 23.9 Å². The monoisotopic (exact) mass is 251 g/mol. The highest BCUT2D eigenvalue weighted by Crippen LogP contribution is 2.34. The Kier molecular flexibility index (Phi) is 3.72. The van der Waals surface area contributed by atoms with Gasteiger partial charge in [0, 0.05) is 6.04 Å². The third-order valence-electron chi connectivity index (χ3n) is 3.04. The number of carbonyl (C=O) groups is 1. The fourth-order valence-electron chi connectivity index (χ4n) is 1.81. The van der Waals surface area contributed by atoms with Gasteiger partial charge in [0.2, 0.25) is 6.79 Å². The highest BCUT2D eigenvalue weighted by molar-refractivity contribution is 5.76. The Morgan fingerprint density at radius 3 is 2.83 bits per heavy atom. The van der Waals surface area contributed by atoms with Gasteiger partial charge in [-0.15, -0.1) is 0 Å². The smallest absolute Gasteiger partial charge is 0.325 e. The Hall–Kier alpha value is -1.75. The Balaban J connectivity index is 2.23. The molecule has 18 heavy (non-hydrogen) atoms. The molecular weight excluding hydrogens is 234 g/mol. The lowest BCUT2D eigenvalue weighted by molar-refractivity contribution is -0.139. The summed E-state index contributed by atoms with van der Waals surface area (Å²) in [6.07, 6.45) is 0.869. The van der Waals surface area contributed by atoms with Crippen LogP contribution in [0.4, 0.5) is 0 Å². The number of fused-ring (bicyclic) bond motifs is 1. The molecule has 1 aromatic carbocycles. The van der Waals surface area contributed by atoms with E-state index in [1.165, 1.54) is 0 Å². The van der Waals surface area contributed by atoms with Crippen molar-refractivity contribution in [1.29, 1.82) is 0 Å². The van der Waals surface area contributed by atoms with Crippen LogP contribution in [-0.2, 0) is 4.79 Å². The maximum Gasteiger partial charge on any atom is 0.325 e. The molecule has 1 aromatic rings. The molecule has 98 valence electrons. The lowest BCUT2D eigenvalue weighted by Gasteiger charge is -2.19. The Bertz CT molecular complexity index is 447. The molecule has 2 unspecified atom stereocenters. The van der Waals surface area contributed by atoms with E-state index >= 15 is 0 Å². The third kappa shape index (κ3) is 2.56. The van der Waals surface area contributed by atoms with Gasteiger partial charge in [0.25, 0.3) is 0 Å². The summed E-state index contributed by atoms with van der Waals surface area (Å²) in [6.45, 7) is 4.16. The molecule has 0 saturated carbocycles. The summed E-state index contributed by atoms with van der Waals surface area (Å²) < 4.78 is 10.5. The van der Waals surface area contributed by atoms with Crippen LogP contribution in [0.15, 0.2) is 18.2 Å². The fraction of sp³-hybridized carbons (Fsp3) is 0.462. The van der Waals surface area contributed by atoms with E-state index in [2.05, 4.69) is 5.32 Å². The second kappa shape index (κ2) is 5.27. The molecule has 5 heteroatoms. The topological polar surface area (TPSA) is 67.8 Å². The standard InChI is InChI=1S/C13H17NO4/c1-3-8(2)14-12(13(15)16)9-4-5-10-11(6-9)18-7-17-10/h4-6,8,12,14H,3,7H2,1-2H3,(H,15,16). The summed E-state index contributed by atoms with van der Waals surface area (Å²) in [4.78, 5) is 11.3. The van der Waals surface area contributed by atoms with Gasteiger partial charge in [0.05, 0.1) is 0 Å². The van der Waals surface area contributed by atoms with E-state index in [4.69, 9.17) is 9.47 Å². The van der Waals surface area contributed by atoms with E-state index in [-0.39, 0.29) is 12.8 Å². The second-order valence-electron chi connectivity index (χ2n) is 4.36. The molecule has 1 aliphatic heterocycles. The Morgan fingerprint density at radius 1 is 1.44 bits per heavy atom. The molecule has 0 aliphatic carbocycles.